The molecule has 2 rings (SSSR count). The van der Waals surface area contributed by atoms with E-state index >= 15 is 0 Å². The number of methoxy groups -OCH3 is 1. The molecule has 0 bridgehead atoms. The first-order valence-corrected chi connectivity index (χ1v) is 7.28. The number of para-hydroxylation sites is 2. The number of nitrogens with zero attached hydrogens (tertiary/aromatic N) is 2. The minimum Gasteiger partial charge on any atom is -0.495 e. The first-order chi connectivity index (χ1) is 10.2. The molecule has 1 aromatic rings. The maximum absolute atomic E-state index is 12.3. The quantitative estimate of drug-likeness (QED) is 0.874. The third-order valence-electron chi connectivity index (χ3n) is 3.91. The van der Waals surface area contributed by atoms with Crippen LogP contribution in [-0.4, -0.2) is 61.7 Å². The molecule has 21 heavy (non-hydrogen) atoms. The number of piperazine rings is 1. The zero-order valence-electron chi connectivity index (χ0n) is 12.7. The highest BCUT2D eigenvalue weighted by molar-refractivity contribution is 5.91. The standard InChI is InChI=1S/C15H24N4O2/c1-12(11-16)18-7-9-19(10-8-18)15(20)17-13-5-3-4-6-14(13)21-2/h3-6,12H,7-11,16H2,1-2H3,(H,17,20). The van der Waals surface area contributed by atoms with Crippen molar-refractivity contribution in [2.24, 2.45) is 5.73 Å². The molecule has 6 heteroatoms. The smallest absolute Gasteiger partial charge is 0.322 e. The van der Waals surface area contributed by atoms with Crippen LogP contribution in [0.3, 0.4) is 0 Å². The van der Waals surface area contributed by atoms with E-state index in [4.69, 9.17) is 10.5 Å². The fourth-order valence-electron chi connectivity index (χ4n) is 2.46. The molecule has 1 saturated heterocycles. The molecule has 0 aromatic heterocycles. The van der Waals surface area contributed by atoms with Gasteiger partial charge >= 0.3 is 6.03 Å². The summed E-state index contributed by atoms with van der Waals surface area (Å²) in [4.78, 5) is 16.4. The molecule has 3 N–H and O–H groups in total. The second kappa shape index (κ2) is 7.28. The molecule has 0 radical (unpaired) electrons. The lowest BCUT2D eigenvalue weighted by Crippen LogP contribution is -2.53. The zero-order valence-corrected chi connectivity index (χ0v) is 12.7. The van der Waals surface area contributed by atoms with E-state index in [9.17, 15) is 4.79 Å². The van der Waals surface area contributed by atoms with Gasteiger partial charge in [-0.2, -0.15) is 0 Å². The van der Waals surface area contributed by atoms with Crippen LogP contribution in [0.25, 0.3) is 0 Å². The van der Waals surface area contributed by atoms with Gasteiger partial charge in [-0.1, -0.05) is 12.1 Å². The second-order valence-corrected chi connectivity index (χ2v) is 5.24. The van der Waals surface area contributed by atoms with Crippen molar-refractivity contribution in [1.29, 1.82) is 0 Å². The third-order valence-corrected chi connectivity index (χ3v) is 3.91. The van der Waals surface area contributed by atoms with Crippen molar-refractivity contribution in [3.63, 3.8) is 0 Å². The van der Waals surface area contributed by atoms with Gasteiger partial charge in [0.1, 0.15) is 5.75 Å². The average molecular weight is 292 g/mol. The molecule has 2 amide bonds. The SMILES string of the molecule is COc1ccccc1NC(=O)N1CCN(C(C)CN)CC1. The van der Waals surface area contributed by atoms with Crippen LogP contribution in [0.2, 0.25) is 0 Å². The van der Waals surface area contributed by atoms with Crippen molar-refractivity contribution in [2.45, 2.75) is 13.0 Å². The van der Waals surface area contributed by atoms with E-state index in [2.05, 4.69) is 17.1 Å². The summed E-state index contributed by atoms with van der Waals surface area (Å²) in [6, 6.07) is 7.70. The molecule has 1 aromatic carbocycles. The number of nitrogens with two attached hydrogens (primary N) is 1. The summed E-state index contributed by atoms with van der Waals surface area (Å²) in [6.45, 7) is 5.91. The van der Waals surface area contributed by atoms with E-state index < -0.39 is 0 Å². The van der Waals surface area contributed by atoms with Gasteiger partial charge in [0, 0.05) is 38.8 Å². The lowest BCUT2D eigenvalue weighted by atomic mass is 10.2. The fraction of sp³-hybridized carbons (Fsp3) is 0.533. The number of benzene rings is 1. The summed E-state index contributed by atoms with van der Waals surface area (Å²) in [5, 5.41) is 2.91. The molecule has 6 nitrogen and oxygen atoms in total. The van der Waals surface area contributed by atoms with Crippen LogP contribution in [-0.2, 0) is 0 Å². The summed E-state index contributed by atoms with van der Waals surface area (Å²) in [6.07, 6.45) is 0. The lowest BCUT2D eigenvalue weighted by Gasteiger charge is -2.37. The number of rotatable bonds is 4. The third kappa shape index (κ3) is 3.86. The van der Waals surface area contributed by atoms with E-state index in [0.717, 1.165) is 13.1 Å². The lowest BCUT2D eigenvalue weighted by molar-refractivity contribution is 0.122. The summed E-state index contributed by atoms with van der Waals surface area (Å²) in [5.74, 6) is 0.668. The number of carbonyl (C=O) groups excluding carboxylic acids is 1. The maximum atomic E-state index is 12.3. The monoisotopic (exact) mass is 292 g/mol. The Morgan fingerprint density at radius 1 is 1.33 bits per heavy atom. The van der Waals surface area contributed by atoms with Gasteiger partial charge in [0.05, 0.1) is 12.8 Å². The maximum Gasteiger partial charge on any atom is 0.322 e. The minimum absolute atomic E-state index is 0.0837. The van der Waals surface area contributed by atoms with Crippen molar-refractivity contribution >= 4 is 11.7 Å². The van der Waals surface area contributed by atoms with E-state index in [-0.39, 0.29) is 6.03 Å². The predicted octanol–water partition coefficient (Wildman–Crippen LogP) is 1.19. The van der Waals surface area contributed by atoms with Crippen LogP contribution < -0.4 is 15.8 Å². The Morgan fingerprint density at radius 2 is 2.00 bits per heavy atom. The number of anilines is 1. The van der Waals surface area contributed by atoms with Gasteiger partial charge in [0.2, 0.25) is 0 Å². The van der Waals surface area contributed by atoms with Crippen LogP contribution in [0.5, 0.6) is 5.75 Å². The Hall–Kier alpha value is -1.79. The summed E-state index contributed by atoms with van der Waals surface area (Å²) in [5.41, 5.74) is 6.38. The summed E-state index contributed by atoms with van der Waals surface area (Å²) < 4.78 is 5.24. The molecule has 1 aliphatic rings. The molecule has 1 heterocycles. The number of amides is 2. The molecule has 1 aliphatic heterocycles. The molecule has 0 aliphatic carbocycles. The van der Waals surface area contributed by atoms with E-state index in [1.165, 1.54) is 0 Å². The van der Waals surface area contributed by atoms with E-state index in [1.807, 2.05) is 29.2 Å². The minimum atomic E-state index is -0.0837. The van der Waals surface area contributed by atoms with Gasteiger partial charge in [0.15, 0.2) is 0 Å². The van der Waals surface area contributed by atoms with Crippen molar-refractivity contribution in [3.8, 4) is 5.75 Å². The Bertz CT molecular complexity index is 472. The van der Waals surface area contributed by atoms with Gasteiger partial charge in [-0.25, -0.2) is 4.79 Å². The van der Waals surface area contributed by atoms with E-state index in [0.29, 0.717) is 37.1 Å². The van der Waals surface area contributed by atoms with Gasteiger partial charge in [0.25, 0.3) is 0 Å². The van der Waals surface area contributed by atoms with Crippen LogP contribution in [0.1, 0.15) is 6.92 Å². The first kappa shape index (κ1) is 15.6. The molecule has 0 saturated carbocycles. The Kier molecular flexibility index (Phi) is 5.41. The van der Waals surface area contributed by atoms with Crippen molar-refractivity contribution in [3.05, 3.63) is 24.3 Å². The van der Waals surface area contributed by atoms with Crippen molar-refractivity contribution < 1.29 is 9.53 Å². The summed E-state index contributed by atoms with van der Waals surface area (Å²) >= 11 is 0. The molecule has 0 spiro atoms. The molecular weight excluding hydrogens is 268 g/mol. The average Bonchev–Trinajstić information content (AvgIpc) is 2.54. The molecular formula is C15H24N4O2. The Labute approximate surface area is 125 Å². The highest BCUT2D eigenvalue weighted by Gasteiger charge is 2.23. The number of urea groups is 1. The van der Waals surface area contributed by atoms with Crippen LogP contribution in [0.15, 0.2) is 24.3 Å². The summed E-state index contributed by atoms with van der Waals surface area (Å²) in [7, 11) is 1.60. The second-order valence-electron chi connectivity index (χ2n) is 5.24. The van der Waals surface area contributed by atoms with Crippen LogP contribution >= 0.6 is 0 Å². The van der Waals surface area contributed by atoms with Crippen molar-refractivity contribution in [2.75, 3.05) is 45.2 Å². The highest BCUT2D eigenvalue weighted by Crippen LogP contribution is 2.23. The predicted molar refractivity (Wildman–Crippen MR) is 83.7 cm³/mol. The topological polar surface area (TPSA) is 70.8 Å². The fourth-order valence-corrected chi connectivity index (χ4v) is 2.46. The number of carbonyl (C=O) groups is 1. The van der Waals surface area contributed by atoms with Crippen molar-refractivity contribution in [1.82, 2.24) is 9.80 Å². The molecule has 1 fully saturated rings. The van der Waals surface area contributed by atoms with Gasteiger partial charge < -0.3 is 20.7 Å². The molecule has 1 unspecified atom stereocenters. The number of nitrogens with one attached hydrogen (secondary N) is 1. The van der Waals surface area contributed by atoms with Gasteiger partial charge in [-0.15, -0.1) is 0 Å². The zero-order chi connectivity index (χ0) is 15.2. The van der Waals surface area contributed by atoms with Gasteiger partial charge in [-0.05, 0) is 19.1 Å². The Balaban J connectivity index is 1.90. The number of ether oxygens (including phenoxy) is 1. The largest absolute Gasteiger partial charge is 0.495 e. The number of hydrogen-bond donors (Lipinski definition) is 2. The van der Waals surface area contributed by atoms with Crippen LogP contribution in [0, 0.1) is 0 Å². The van der Waals surface area contributed by atoms with Crippen LogP contribution in [0.4, 0.5) is 10.5 Å². The first-order valence-electron chi connectivity index (χ1n) is 7.28. The molecule has 116 valence electrons. The normalized spacial score (nSPS) is 17.4. The highest BCUT2D eigenvalue weighted by atomic mass is 16.5. The van der Waals surface area contributed by atoms with E-state index in [1.54, 1.807) is 7.11 Å². The molecule has 1 atom stereocenters. The Morgan fingerprint density at radius 3 is 2.62 bits per heavy atom. The number of hydrogen-bond acceptors (Lipinski definition) is 4. The van der Waals surface area contributed by atoms with Gasteiger partial charge in [-0.3, -0.25) is 4.90 Å².